The maximum atomic E-state index is 8.98. The van der Waals surface area contributed by atoms with Crippen molar-refractivity contribution < 1.29 is 9.84 Å². The van der Waals surface area contributed by atoms with Crippen molar-refractivity contribution in [1.29, 1.82) is 0 Å². The summed E-state index contributed by atoms with van der Waals surface area (Å²) in [6.45, 7) is 5.31. The molecule has 0 amide bonds. The first-order valence-corrected chi connectivity index (χ1v) is 6.55. The molecule has 0 aliphatic carbocycles. The van der Waals surface area contributed by atoms with Crippen molar-refractivity contribution in [1.82, 2.24) is 4.90 Å². The monoisotopic (exact) mass is 267 g/mol. The van der Waals surface area contributed by atoms with Crippen LogP contribution in [0, 0.1) is 0 Å². The van der Waals surface area contributed by atoms with E-state index in [0.29, 0.717) is 13.2 Å². The van der Waals surface area contributed by atoms with Gasteiger partial charge >= 0.3 is 0 Å². The van der Waals surface area contributed by atoms with Gasteiger partial charge in [-0.1, -0.05) is 18.5 Å². The molecule has 1 aromatic rings. The molecular formula is C14H18ClNO2. The molecule has 1 aliphatic rings. The van der Waals surface area contributed by atoms with Gasteiger partial charge in [0.15, 0.2) is 0 Å². The van der Waals surface area contributed by atoms with E-state index in [2.05, 4.69) is 17.9 Å². The van der Waals surface area contributed by atoms with Crippen molar-refractivity contribution in [2.75, 3.05) is 32.8 Å². The van der Waals surface area contributed by atoms with E-state index in [1.54, 1.807) is 0 Å². The number of likely N-dealkylation sites (N-methyl/N-ethyl adjacent to an activating group) is 1. The average molecular weight is 268 g/mol. The summed E-state index contributed by atoms with van der Waals surface area (Å²) in [5, 5.41) is 9.70. The number of aliphatic hydroxyl groups is 1. The van der Waals surface area contributed by atoms with Gasteiger partial charge in [0.05, 0.1) is 6.61 Å². The number of rotatable bonds is 5. The fourth-order valence-electron chi connectivity index (χ4n) is 2.06. The van der Waals surface area contributed by atoms with Crippen molar-refractivity contribution in [3.63, 3.8) is 0 Å². The highest BCUT2D eigenvalue weighted by Gasteiger charge is 2.13. The number of aliphatic hydroxyl groups excluding tert-OH is 1. The van der Waals surface area contributed by atoms with Gasteiger partial charge in [-0.3, -0.25) is 4.90 Å². The zero-order valence-corrected chi connectivity index (χ0v) is 11.3. The van der Waals surface area contributed by atoms with Gasteiger partial charge in [-0.15, -0.1) is 0 Å². The molecule has 1 aromatic carbocycles. The van der Waals surface area contributed by atoms with E-state index in [1.807, 2.05) is 18.2 Å². The second-order valence-electron chi connectivity index (χ2n) is 4.37. The highest BCUT2D eigenvalue weighted by atomic mass is 35.5. The summed E-state index contributed by atoms with van der Waals surface area (Å²) in [5.74, 6) is 0.883. The van der Waals surface area contributed by atoms with Crippen molar-refractivity contribution in [2.45, 2.75) is 6.92 Å². The molecule has 1 N–H and O–H groups in total. The summed E-state index contributed by atoms with van der Waals surface area (Å²) in [6.07, 6.45) is 2.13. The molecule has 1 heterocycles. The molecule has 0 aromatic heterocycles. The van der Waals surface area contributed by atoms with Crippen molar-refractivity contribution >= 4 is 17.7 Å². The van der Waals surface area contributed by atoms with Gasteiger partial charge in [0.25, 0.3) is 0 Å². The van der Waals surface area contributed by atoms with Gasteiger partial charge in [0.2, 0.25) is 0 Å². The fourth-order valence-corrected chi connectivity index (χ4v) is 2.25. The summed E-state index contributed by atoms with van der Waals surface area (Å²) in [4.78, 5) is 2.19. The van der Waals surface area contributed by atoms with Crippen LogP contribution in [0.3, 0.4) is 0 Å². The predicted octanol–water partition coefficient (Wildman–Crippen LogP) is 2.43. The van der Waals surface area contributed by atoms with E-state index in [1.165, 1.54) is 5.57 Å². The van der Waals surface area contributed by atoms with Crippen molar-refractivity contribution in [3.05, 3.63) is 34.4 Å². The second kappa shape index (κ2) is 6.23. The van der Waals surface area contributed by atoms with Crippen LogP contribution in [0.25, 0.3) is 6.08 Å². The topological polar surface area (TPSA) is 32.7 Å². The van der Waals surface area contributed by atoms with Gasteiger partial charge in [-0.05, 0) is 36.4 Å². The normalized spacial score (nSPS) is 14.1. The van der Waals surface area contributed by atoms with Gasteiger partial charge in [0.1, 0.15) is 12.4 Å². The third-order valence-corrected chi connectivity index (χ3v) is 3.27. The quantitative estimate of drug-likeness (QED) is 0.889. The Labute approximate surface area is 113 Å². The molecule has 1 aliphatic heterocycles. The van der Waals surface area contributed by atoms with Gasteiger partial charge in [0, 0.05) is 23.7 Å². The minimum Gasteiger partial charge on any atom is -0.489 e. The minimum absolute atomic E-state index is 0.185. The Hall–Kier alpha value is -1.03. The molecule has 0 saturated heterocycles. The van der Waals surface area contributed by atoms with E-state index >= 15 is 0 Å². The van der Waals surface area contributed by atoms with E-state index in [0.717, 1.165) is 29.4 Å². The van der Waals surface area contributed by atoms with Crippen LogP contribution >= 0.6 is 11.6 Å². The molecule has 0 fully saturated rings. The second-order valence-corrected chi connectivity index (χ2v) is 4.80. The number of fused-ring (bicyclic) bond motifs is 1. The summed E-state index contributed by atoms with van der Waals surface area (Å²) in [7, 11) is 0. The molecule has 18 heavy (non-hydrogen) atoms. The Bertz CT molecular complexity index is 445. The number of hydrogen-bond acceptors (Lipinski definition) is 3. The zero-order valence-electron chi connectivity index (χ0n) is 10.5. The minimum atomic E-state index is 0.185. The first-order valence-electron chi connectivity index (χ1n) is 6.18. The first kappa shape index (κ1) is 13.4. The lowest BCUT2D eigenvalue weighted by Crippen LogP contribution is -2.30. The lowest BCUT2D eigenvalue weighted by atomic mass is 10.1. The lowest BCUT2D eigenvalue weighted by Gasteiger charge is -2.24. The number of nitrogens with zero attached hydrogens (tertiary/aromatic N) is 1. The maximum Gasteiger partial charge on any atom is 0.127 e. The predicted molar refractivity (Wildman–Crippen MR) is 74.1 cm³/mol. The zero-order chi connectivity index (χ0) is 13.0. The Balaban J connectivity index is 2.11. The first-order chi connectivity index (χ1) is 8.72. The van der Waals surface area contributed by atoms with E-state index < -0.39 is 0 Å². The molecule has 0 atom stereocenters. The van der Waals surface area contributed by atoms with Crippen LogP contribution in [0.4, 0.5) is 0 Å². The van der Waals surface area contributed by atoms with E-state index in [9.17, 15) is 0 Å². The summed E-state index contributed by atoms with van der Waals surface area (Å²) in [5.41, 5.74) is 2.24. The van der Waals surface area contributed by atoms with Crippen LogP contribution < -0.4 is 4.74 Å². The number of benzene rings is 1. The Morgan fingerprint density at radius 1 is 1.44 bits per heavy atom. The third kappa shape index (κ3) is 3.25. The Morgan fingerprint density at radius 3 is 3.00 bits per heavy atom. The van der Waals surface area contributed by atoms with Crippen LogP contribution in [-0.2, 0) is 0 Å². The molecule has 0 spiro atoms. The third-order valence-electron chi connectivity index (χ3n) is 3.03. The molecule has 2 rings (SSSR count). The Morgan fingerprint density at radius 2 is 2.28 bits per heavy atom. The maximum absolute atomic E-state index is 8.98. The number of ether oxygens (including phenoxy) is 1. The summed E-state index contributed by atoms with van der Waals surface area (Å²) in [6, 6.07) is 5.65. The van der Waals surface area contributed by atoms with Gasteiger partial charge < -0.3 is 9.84 Å². The van der Waals surface area contributed by atoms with E-state index in [4.69, 9.17) is 21.4 Å². The van der Waals surface area contributed by atoms with Crippen LogP contribution in [0.1, 0.15) is 12.5 Å². The average Bonchev–Trinajstić information content (AvgIpc) is 2.37. The number of hydrogen-bond donors (Lipinski definition) is 1. The molecule has 98 valence electrons. The molecule has 3 nitrogen and oxygen atoms in total. The molecule has 4 heteroatoms. The smallest absolute Gasteiger partial charge is 0.127 e. The molecule has 0 radical (unpaired) electrons. The van der Waals surface area contributed by atoms with Crippen molar-refractivity contribution in [3.8, 4) is 5.75 Å². The largest absolute Gasteiger partial charge is 0.489 e. The van der Waals surface area contributed by atoms with Gasteiger partial charge in [-0.2, -0.15) is 0 Å². The van der Waals surface area contributed by atoms with Crippen molar-refractivity contribution in [2.24, 2.45) is 0 Å². The molecule has 0 bridgehead atoms. The number of halogens is 1. The van der Waals surface area contributed by atoms with Crippen LogP contribution in [-0.4, -0.2) is 42.9 Å². The summed E-state index contributed by atoms with van der Waals surface area (Å²) >= 11 is 5.98. The van der Waals surface area contributed by atoms with Crippen LogP contribution in [0.5, 0.6) is 5.75 Å². The fraction of sp³-hybridized carbons (Fsp3) is 0.429. The SMILES string of the molecule is CCN(CCO)CC1=Cc2cc(Cl)ccc2OC1. The lowest BCUT2D eigenvalue weighted by molar-refractivity contribution is 0.207. The van der Waals surface area contributed by atoms with E-state index in [-0.39, 0.29) is 6.61 Å². The molecule has 0 unspecified atom stereocenters. The summed E-state index contributed by atoms with van der Waals surface area (Å²) < 4.78 is 5.70. The highest BCUT2D eigenvalue weighted by molar-refractivity contribution is 6.30. The Kier molecular flexibility index (Phi) is 4.64. The highest BCUT2D eigenvalue weighted by Crippen LogP contribution is 2.29. The molecular weight excluding hydrogens is 250 g/mol. The van der Waals surface area contributed by atoms with Crippen LogP contribution in [0.2, 0.25) is 5.02 Å². The van der Waals surface area contributed by atoms with Gasteiger partial charge in [-0.25, -0.2) is 0 Å². The molecule has 0 saturated carbocycles. The van der Waals surface area contributed by atoms with Crippen LogP contribution in [0.15, 0.2) is 23.8 Å². The standard InChI is InChI=1S/C14H18ClNO2/c1-2-16(5-6-17)9-11-7-12-8-13(15)3-4-14(12)18-10-11/h3-4,7-8,17H,2,5-6,9-10H2,1H3.